The average molecular weight is 281 g/mol. The normalized spacial score (nSPS) is 12.2. The minimum atomic E-state index is -0.657. The first-order valence-corrected chi connectivity index (χ1v) is 6.98. The maximum Gasteiger partial charge on any atom is 0.328 e. The summed E-state index contributed by atoms with van der Waals surface area (Å²) in [6.07, 6.45) is 2.38. The Kier molecular flexibility index (Phi) is 6.28. The molecule has 0 aliphatic rings. The third kappa shape index (κ3) is 4.40. The van der Waals surface area contributed by atoms with Crippen LogP contribution in [0.25, 0.3) is 0 Å². The highest BCUT2D eigenvalue weighted by Gasteiger charge is 2.19. The van der Waals surface area contributed by atoms with Crippen LogP contribution in [0.5, 0.6) is 5.75 Å². The van der Waals surface area contributed by atoms with Crippen molar-refractivity contribution in [2.24, 2.45) is 5.92 Å². The molecule has 1 rings (SSSR count). The molecule has 0 aromatic carbocycles. The van der Waals surface area contributed by atoms with Gasteiger partial charge in [-0.15, -0.1) is 0 Å². The van der Waals surface area contributed by atoms with E-state index in [0.717, 1.165) is 6.42 Å². The molecule has 1 atom stereocenters. The third-order valence-electron chi connectivity index (χ3n) is 2.94. The summed E-state index contributed by atoms with van der Waals surface area (Å²) in [5.41, 5.74) is -0.317. The van der Waals surface area contributed by atoms with Gasteiger partial charge in [-0.25, -0.2) is 4.79 Å². The second-order valence-corrected chi connectivity index (χ2v) is 5.04. The Balaban J connectivity index is 2.76. The highest BCUT2D eigenvalue weighted by molar-refractivity contribution is 5.73. The summed E-state index contributed by atoms with van der Waals surface area (Å²) in [6.45, 7) is 8.36. The molecule has 5 nitrogen and oxygen atoms in total. The molecule has 1 aromatic rings. The fourth-order valence-corrected chi connectivity index (χ4v) is 1.69. The molecule has 0 saturated carbocycles. The van der Waals surface area contributed by atoms with Crippen LogP contribution in [0.3, 0.4) is 0 Å². The smallest absolute Gasteiger partial charge is 0.328 e. The van der Waals surface area contributed by atoms with Gasteiger partial charge in [0.2, 0.25) is 0 Å². The van der Waals surface area contributed by atoms with E-state index in [1.54, 1.807) is 32.2 Å². The first-order chi connectivity index (χ1) is 9.47. The van der Waals surface area contributed by atoms with Crippen LogP contribution in [0.4, 0.5) is 0 Å². The van der Waals surface area contributed by atoms with Crippen LogP contribution in [-0.2, 0) is 9.53 Å². The van der Waals surface area contributed by atoms with Gasteiger partial charge in [-0.05, 0) is 38.3 Å². The van der Waals surface area contributed by atoms with Crippen molar-refractivity contribution in [1.29, 1.82) is 0 Å². The molecule has 1 unspecified atom stereocenters. The Morgan fingerprint density at radius 2 is 2.05 bits per heavy atom. The molecule has 112 valence electrons. The van der Waals surface area contributed by atoms with E-state index in [1.165, 1.54) is 4.57 Å². The lowest BCUT2D eigenvalue weighted by atomic mass is 10.1. The molecule has 0 bridgehead atoms. The van der Waals surface area contributed by atoms with Gasteiger partial charge < -0.3 is 9.47 Å². The van der Waals surface area contributed by atoms with Crippen molar-refractivity contribution in [1.82, 2.24) is 4.57 Å². The first kappa shape index (κ1) is 16.3. The lowest BCUT2D eigenvalue weighted by Crippen LogP contribution is -2.29. The summed E-state index contributed by atoms with van der Waals surface area (Å²) in [5, 5.41) is 0. The number of hydrogen-bond donors (Lipinski definition) is 0. The number of carbonyl (C=O) groups is 1. The zero-order valence-corrected chi connectivity index (χ0v) is 12.6. The van der Waals surface area contributed by atoms with Gasteiger partial charge in [-0.2, -0.15) is 0 Å². The number of esters is 1. The van der Waals surface area contributed by atoms with Gasteiger partial charge in [-0.3, -0.25) is 9.36 Å². The van der Waals surface area contributed by atoms with Gasteiger partial charge in [0.1, 0.15) is 6.04 Å². The van der Waals surface area contributed by atoms with E-state index in [0.29, 0.717) is 19.1 Å². The predicted octanol–water partition coefficient (Wildman–Crippen LogP) is 2.40. The zero-order chi connectivity index (χ0) is 15.1. The molecular weight excluding hydrogens is 258 g/mol. The molecule has 5 heteroatoms. The average Bonchev–Trinajstić information content (AvgIpc) is 2.40. The van der Waals surface area contributed by atoms with Gasteiger partial charge >= 0.3 is 5.97 Å². The maximum absolute atomic E-state index is 12.1. The molecule has 20 heavy (non-hydrogen) atoms. The number of pyridine rings is 1. The van der Waals surface area contributed by atoms with Crippen LogP contribution in [0.1, 0.15) is 40.2 Å². The highest BCUT2D eigenvalue weighted by atomic mass is 16.5. The lowest BCUT2D eigenvalue weighted by Gasteiger charge is -2.15. The SMILES string of the molecule is CCOc1cccn(C(C)C(=O)OCCC(C)C)c1=O. The van der Waals surface area contributed by atoms with E-state index in [2.05, 4.69) is 13.8 Å². The lowest BCUT2D eigenvalue weighted by molar-refractivity contribution is -0.147. The van der Waals surface area contributed by atoms with Crippen LogP contribution in [0, 0.1) is 5.92 Å². The number of nitrogens with zero attached hydrogens (tertiary/aromatic N) is 1. The molecule has 1 heterocycles. The fourth-order valence-electron chi connectivity index (χ4n) is 1.69. The van der Waals surface area contributed by atoms with Crippen molar-refractivity contribution in [3.05, 3.63) is 28.7 Å². The molecule has 0 N–H and O–H groups in total. The highest BCUT2D eigenvalue weighted by Crippen LogP contribution is 2.10. The third-order valence-corrected chi connectivity index (χ3v) is 2.94. The summed E-state index contributed by atoms with van der Waals surface area (Å²) < 4.78 is 11.8. The fraction of sp³-hybridized carbons (Fsp3) is 0.600. The Hall–Kier alpha value is -1.78. The van der Waals surface area contributed by atoms with Gasteiger partial charge in [-0.1, -0.05) is 13.8 Å². The van der Waals surface area contributed by atoms with Crippen molar-refractivity contribution in [2.45, 2.75) is 40.2 Å². The van der Waals surface area contributed by atoms with E-state index in [4.69, 9.17) is 9.47 Å². The molecule has 0 saturated heterocycles. The number of ether oxygens (including phenoxy) is 2. The Bertz CT molecular complexity index is 493. The molecule has 1 aromatic heterocycles. The van der Waals surface area contributed by atoms with E-state index < -0.39 is 12.0 Å². The molecular formula is C15H23NO4. The monoisotopic (exact) mass is 281 g/mol. The molecule has 0 spiro atoms. The number of carbonyl (C=O) groups excluding carboxylic acids is 1. The largest absolute Gasteiger partial charge is 0.488 e. The number of hydrogen-bond acceptors (Lipinski definition) is 4. The van der Waals surface area contributed by atoms with Crippen LogP contribution in [0.2, 0.25) is 0 Å². The molecule has 0 aliphatic carbocycles. The minimum Gasteiger partial charge on any atom is -0.488 e. The number of aromatic nitrogens is 1. The van der Waals surface area contributed by atoms with Crippen LogP contribution >= 0.6 is 0 Å². The standard InChI is InChI=1S/C15H23NO4/c1-5-19-13-7-6-9-16(14(13)17)12(4)15(18)20-10-8-11(2)3/h6-7,9,11-12H,5,8,10H2,1-4H3. The summed E-state index contributed by atoms with van der Waals surface area (Å²) in [4.78, 5) is 24.0. The van der Waals surface area contributed by atoms with E-state index in [-0.39, 0.29) is 11.3 Å². The maximum atomic E-state index is 12.1. The second-order valence-electron chi connectivity index (χ2n) is 5.04. The van der Waals surface area contributed by atoms with Gasteiger partial charge in [0.15, 0.2) is 5.75 Å². The Morgan fingerprint density at radius 1 is 1.35 bits per heavy atom. The Labute approximate surface area is 119 Å². The van der Waals surface area contributed by atoms with Crippen LogP contribution in [0.15, 0.2) is 23.1 Å². The zero-order valence-electron chi connectivity index (χ0n) is 12.6. The number of rotatable bonds is 7. The molecule has 0 radical (unpaired) electrons. The summed E-state index contributed by atoms with van der Waals surface area (Å²) in [5.74, 6) is 0.320. The topological polar surface area (TPSA) is 57.5 Å². The van der Waals surface area contributed by atoms with Gasteiger partial charge in [0.05, 0.1) is 13.2 Å². The first-order valence-electron chi connectivity index (χ1n) is 6.98. The molecule has 0 amide bonds. The quantitative estimate of drug-likeness (QED) is 0.720. The van der Waals surface area contributed by atoms with Crippen LogP contribution < -0.4 is 10.3 Å². The van der Waals surface area contributed by atoms with Gasteiger partial charge in [0.25, 0.3) is 5.56 Å². The van der Waals surface area contributed by atoms with Crippen LogP contribution in [-0.4, -0.2) is 23.8 Å². The second kappa shape index (κ2) is 7.72. The summed E-state index contributed by atoms with van der Waals surface area (Å²) >= 11 is 0. The van der Waals surface area contributed by atoms with Crippen molar-refractivity contribution in [2.75, 3.05) is 13.2 Å². The van der Waals surface area contributed by atoms with Crippen molar-refractivity contribution in [3.8, 4) is 5.75 Å². The van der Waals surface area contributed by atoms with Crippen molar-refractivity contribution >= 4 is 5.97 Å². The van der Waals surface area contributed by atoms with Crippen molar-refractivity contribution < 1.29 is 14.3 Å². The Morgan fingerprint density at radius 3 is 2.65 bits per heavy atom. The van der Waals surface area contributed by atoms with Crippen molar-refractivity contribution in [3.63, 3.8) is 0 Å². The van der Waals surface area contributed by atoms with Gasteiger partial charge in [0, 0.05) is 6.20 Å². The van der Waals surface area contributed by atoms with E-state index >= 15 is 0 Å². The predicted molar refractivity (Wildman–Crippen MR) is 77.0 cm³/mol. The summed E-state index contributed by atoms with van der Waals surface area (Å²) in [6, 6.07) is 2.62. The molecule has 0 fully saturated rings. The van der Waals surface area contributed by atoms with E-state index in [9.17, 15) is 9.59 Å². The summed E-state index contributed by atoms with van der Waals surface area (Å²) in [7, 11) is 0. The molecule has 0 aliphatic heterocycles. The minimum absolute atomic E-state index is 0.247. The van der Waals surface area contributed by atoms with E-state index in [1.807, 2.05) is 0 Å².